The van der Waals surface area contributed by atoms with Gasteiger partial charge in [0, 0.05) is 22.7 Å². The van der Waals surface area contributed by atoms with E-state index in [9.17, 15) is 14.4 Å². The summed E-state index contributed by atoms with van der Waals surface area (Å²) in [6.45, 7) is -0.122. The third kappa shape index (κ3) is 3.87. The molecular weight excluding hydrogens is 382 g/mol. The molecular formula is C21H18ClNO5. The highest BCUT2D eigenvalue weighted by atomic mass is 35.5. The molecule has 0 saturated carbocycles. The zero-order valence-corrected chi connectivity index (χ0v) is 15.8. The van der Waals surface area contributed by atoms with E-state index in [1.807, 2.05) is 0 Å². The number of nitrogens with one attached hydrogen (secondary N) is 1. The fourth-order valence-electron chi connectivity index (χ4n) is 3.41. The van der Waals surface area contributed by atoms with Crippen LogP contribution in [0.4, 0.5) is 5.69 Å². The van der Waals surface area contributed by atoms with Crippen LogP contribution >= 0.6 is 11.6 Å². The van der Waals surface area contributed by atoms with Gasteiger partial charge in [-0.15, -0.1) is 0 Å². The monoisotopic (exact) mass is 399 g/mol. The molecule has 0 unspecified atom stereocenters. The van der Waals surface area contributed by atoms with E-state index in [2.05, 4.69) is 5.32 Å². The second kappa shape index (κ2) is 7.64. The van der Waals surface area contributed by atoms with Crippen molar-refractivity contribution in [2.45, 2.75) is 19.3 Å². The van der Waals surface area contributed by atoms with Crippen molar-refractivity contribution in [3.05, 3.63) is 58.1 Å². The average molecular weight is 400 g/mol. The van der Waals surface area contributed by atoms with Gasteiger partial charge in [-0.05, 0) is 60.4 Å². The Balaban J connectivity index is 1.36. The zero-order valence-electron chi connectivity index (χ0n) is 15.0. The molecule has 0 saturated heterocycles. The lowest BCUT2D eigenvalue weighted by atomic mass is 9.97. The smallest absolute Gasteiger partial charge is 0.313 e. The van der Waals surface area contributed by atoms with Crippen molar-refractivity contribution >= 4 is 34.9 Å². The number of hydrogen-bond donors (Lipinski definition) is 1. The van der Waals surface area contributed by atoms with Crippen LogP contribution in [0.5, 0.6) is 5.75 Å². The molecule has 0 spiro atoms. The van der Waals surface area contributed by atoms with Crippen LogP contribution in [-0.2, 0) is 27.2 Å². The van der Waals surface area contributed by atoms with Crippen molar-refractivity contribution in [2.75, 3.05) is 18.5 Å². The van der Waals surface area contributed by atoms with Crippen LogP contribution in [0.1, 0.15) is 27.9 Å². The molecule has 7 heteroatoms. The van der Waals surface area contributed by atoms with E-state index in [1.165, 1.54) is 0 Å². The Kier molecular flexibility index (Phi) is 5.05. The Morgan fingerprint density at radius 1 is 1.14 bits per heavy atom. The number of Topliss-reactive ketones (excluding diaryl/α,β-unsaturated/α-hetero) is 1. The topological polar surface area (TPSA) is 81.7 Å². The maximum Gasteiger partial charge on any atom is 0.313 e. The minimum absolute atomic E-state index is 0.0296. The predicted molar refractivity (Wildman–Crippen MR) is 103 cm³/mol. The highest BCUT2D eigenvalue weighted by Crippen LogP contribution is 2.30. The molecule has 1 atom stereocenters. The molecule has 0 aromatic heterocycles. The van der Waals surface area contributed by atoms with Crippen LogP contribution < -0.4 is 10.1 Å². The summed E-state index contributed by atoms with van der Waals surface area (Å²) in [5.74, 6) is -0.543. The molecule has 0 fully saturated rings. The maximum atomic E-state index is 12.4. The molecule has 1 N–H and O–H groups in total. The van der Waals surface area contributed by atoms with Gasteiger partial charge in [0.15, 0.2) is 12.4 Å². The number of aryl methyl sites for hydroxylation is 1. The number of anilines is 1. The molecule has 2 aromatic carbocycles. The molecule has 0 radical (unpaired) electrons. The lowest BCUT2D eigenvalue weighted by Gasteiger charge is -2.24. The summed E-state index contributed by atoms with van der Waals surface area (Å²) in [7, 11) is 0. The van der Waals surface area contributed by atoms with Crippen LogP contribution in [0.2, 0.25) is 5.02 Å². The molecule has 144 valence electrons. The lowest BCUT2D eigenvalue weighted by Crippen LogP contribution is -2.31. The highest BCUT2D eigenvalue weighted by molar-refractivity contribution is 6.30. The van der Waals surface area contributed by atoms with Crippen LogP contribution in [-0.4, -0.2) is 30.9 Å². The Hall–Kier alpha value is -2.86. The van der Waals surface area contributed by atoms with Gasteiger partial charge in [0.1, 0.15) is 12.4 Å². The van der Waals surface area contributed by atoms with Gasteiger partial charge >= 0.3 is 5.97 Å². The highest BCUT2D eigenvalue weighted by Gasteiger charge is 2.28. The van der Waals surface area contributed by atoms with E-state index < -0.39 is 11.9 Å². The number of fused-ring (bicyclic) bond motifs is 2. The van der Waals surface area contributed by atoms with Gasteiger partial charge in [0.05, 0.1) is 5.92 Å². The normalized spacial score (nSPS) is 17.6. The first-order valence-electron chi connectivity index (χ1n) is 9.03. The van der Waals surface area contributed by atoms with Gasteiger partial charge in [-0.25, -0.2) is 0 Å². The third-order valence-corrected chi connectivity index (χ3v) is 5.17. The van der Waals surface area contributed by atoms with Gasteiger partial charge in [0.2, 0.25) is 5.91 Å². The zero-order chi connectivity index (χ0) is 19.7. The van der Waals surface area contributed by atoms with Crippen molar-refractivity contribution in [2.24, 2.45) is 5.92 Å². The molecule has 0 bridgehead atoms. The standard InChI is InChI=1S/C21H18ClNO5/c22-16-3-5-19-14(9-16)8-15(10-27-19)21(26)28-11-18(24)13-1-4-17-12(7-13)2-6-20(25)23-17/h1,3-5,7,9,15H,2,6,8,10-11H2,(H,23,25)/t15-/m1/s1. The lowest BCUT2D eigenvalue weighted by molar-refractivity contribution is -0.148. The number of halogens is 1. The minimum Gasteiger partial charge on any atom is -0.492 e. The number of amides is 1. The van der Waals surface area contributed by atoms with E-state index in [1.54, 1.807) is 36.4 Å². The van der Waals surface area contributed by atoms with E-state index in [-0.39, 0.29) is 24.9 Å². The number of carbonyl (C=O) groups excluding carboxylic acids is 3. The van der Waals surface area contributed by atoms with Gasteiger partial charge in [-0.2, -0.15) is 0 Å². The molecule has 2 aliphatic heterocycles. The number of ether oxygens (including phenoxy) is 2. The Labute approximate surface area is 166 Å². The van der Waals surface area contributed by atoms with Crippen molar-refractivity contribution in [1.29, 1.82) is 0 Å². The Morgan fingerprint density at radius 3 is 2.86 bits per heavy atom. The van der Waals surface area contributed by atoms with Gasteiger partial charge < -0.3 is 14.8 Å². The van der Waals surface area contributed by atoms with E-state index in [4.69, 9.17) is 21.1 Å². The van der Waals surface area contributed by atoms with Gasteiger partial charge in [0.25, 0.3) is 0 Å². The third-order valence-electron chi connectivity index (χ3n) is 4.93. The summed E-state index contributed by atoms with van der Waals surface area (Å²) < 4.78 is 10.8. The summed E-state index contributed by atoms with van der Waals surface area (Å²) in [6.07, 6.45) is 1.44. The molecule has 0 aliphatic carbocycles. The maximum absolute atomic E-state index is 12.4. The van der Waals surface area contributed by atoms with Gasteiger partial charge in [-0.3, -0.25) is 14.4 Å². The van der Waals surface area contributed by atoms with E-state index in [0.717, 1.165) is 16.8 Å². The molecule has 4 rings (SSSR count). The van der Waals surface area contributed by atoms with Crippen molar-refractivity contribution in [1.82, 2.24) is 0 Å². The number of benzene rings is 2. The number of rotatable bonds is 4. The average Bonchev–Trinajstić information content (AvgIpc) is 2.70. The molecule has 1 amide bonds. The summed E-state index contributed by atoms with van der Waals surface area (Å²) in [4.78, 5) is 36.2. The molecule has 2 aromatic rings. The van der Waals surface area contributed by atoms with Gasteiger partial charge in [-0.1, -0.05) is 11.6 Å². The summed E-state index contributed by atoms with van der Waals surface area (Å²) in [5.41, 5.74) is 2.94. The first-order chi connectivity index (χ1) is 13.5. The summed E-state index contributed by atoms with van der Waals surface area (Å²) >= 11 is 5.99. The molecule has 6 nitrogen and oxygen atoms in total. The number of carbonyl (C=O) groups is 3. The first kappa shape index (κ1) is 18.5. The van der Waals surface area contributed by atoms with E-state index in [0.29, 0.717) is 35.6 Å². The fourth-order valence-corrected chi connectivity index (χ4v) is 3.60. The summed E-state index contributed by atoms with van der Waals surface area (Å²) in [6, 6.07) is 10.4. The SMILES string of the molecule is O=C1CCc2cc(C(=O)COC(=O)[C@H]3COc4ccc(Cl)cc4C3)ccc2N1. The number of esters is 1. The van der Waals surface area contributed by atoms with Crippen molar-refractivity contribution in [3.63, 3.8) is 0 Å². The summed E-state index contributed by atoms with van der Waals surface area (Å²) in [5, 5.41) is 3.35. The fraction of sp³-hybridized carbons (Fsp3) is 0.286. The minimum atomic E-state index is -0.475. The van der Waals surface area contributed by atoms with Crippen LogP contribution in [0.25, 0.3) is 0 Å². The van der Waals surface area contributed by atoms with Crippen LogP contribution in [0, 0.1) is 5.92 Å². The largest absolute Gasteiger partial charge is 0.492 e. The van der Waals surface area contributed by atoms with Crippen molar-refractivity contribution in [3.8, 4) is 5.75 Å². The second-order valence-electron chi connectivity index (χ2n) is 6.92. The molecule has 2 aliphatic rings. The number of hydrogen-bond acceptors (Lipinski definition) is 5. The second-order valence-corrected chi connectivity index (χ2v) is 7.35. The first-order valence-corrected chi connectivity index (χ1v) is 9.41. The Morgan fingerprint density at radius 2 is 2.00 bits per heavy atom. The Bertz CT molecular complexity index is 971. The number of ketones is 1. The molecule has 2 heterocycles. The van der Waals surface area contributed by atoms with Crippen molar-refractivity contribution < 1.29 is 23.9 Å². The predicted octanol–water partition coefficient (Wildman–Crippen LogP) is 3.20. The van der Waals surface area contributed by atoms with Crippen LogP contribution in [0.3, 0.4) is 0 Å². The van der Waals surface area contributed by atoms with Crippen LogP contribution in [0.15, 0.2) is 36.4 Å². The van der Waals surface area contributed by atoms with E-state index >= 15 is 0 Å². The quantitative estimate of drug-likeness (QED) is 0.630. The molecule has 28 heavy (non-hydrogen) atoms.